The molecule has 1 aliphatic heterocycles. The predicted octanol–water partition coefficient (Wildman–Crippen LogP) is 2.05. The topological polar surface area (TPSA) is 128 Å². The molecule has 0 saturated carbocycles. The number of urea groups is 1. The lowest BCUT2D eigenvalue weighted by Gasteiger charge is -2.15. The van der Waals surface area contributed by atoms with Gasteiger partial charge in [0.05, 0.1) is 36.9 Å². The van der Waals surface area contributed by atoms with Gasteiger partial charge in [0, 0.05) is 25.7 Å². The van der Waals surface area contributed by atoms with Gasteiger partial charge in [-0.25, -0.2) is 17.9 Å². The Morgan fingerprint density at radius 1 is 1.09 bits per heavy atom. The molecule has 0 spiro atoms. The Bertz CT molecular complexity index is 1250. The summed E-state index contributed by atoms with van der Waals surface area (Å²) in [7, 11) is -0.461. The molecule has 1 aliphatic rings. The highest BCUT2D eigenvalue weighted by molar-refractivity contribution is 7.89. The number of fused-ring (bicyclic) bond motifs is 1. The second-order valence-corrected chi connectivity index (χ2v) is 9.46. The molecule has 2 heterocycles. The molecular weight excluding hydrogens is 448 g/mol. The Hall–Kier alpha value is -3.38. The fourth-order valence-electron chi connectivity index (χ4n) is 3.71. The number of hydrogen-bond acceptors (Lipinski definition) is 7. The van der Waals surface area contributed by atoms with E-state index in [4.69, 9.17) is 9.47 Å². The molecule has 176 valence electrons. The summed E-state index contributed by atoms with van der Waals surface area (Å²) in [5, 5.41) is 13.7. The van der Waals surface area contributed by atoms with Crippen LogP contribution in [0.2, 0.25) is 0 Å². The molecule has 2 aromatic carbocycles. The predicted molar refractivity (Wildman–Crippen MR) is 122 cm³/mol. The fourth-order valence-corrected chi connectivity index (χ4v) is 5.25. The number of hydrogen-bond donors (Lipinski definition) is 2. The molecule has 33 heavy (non-hydrogen) atoms. The third kappa shape index (κ3) is 4.86. The van der Waals surface area contributed by atoms with Crippen molar-refractivity contribution in [1.29, 1.82) is 0 Å². The van der Waals surface area contributed by atoms with Crippen molar-refractivity contribution in [3.8, 4) is 11.5 Å². The summed E-state index contributed by atoms with van der Waals surface area (Å²) in [5.74, 6) is 1.10. The number of amides is 2. The molecule has 11 nitrogen and oxygen atoms in total. The van der Waals surface area contributed by atoms with E-state index in [0.717, 1.165) is 12.8 Å². The summed E-state index contributed by atoms with van der Waals surface area (Å²) >= 11 is 0. The molecule has 12 heteroatoms. The number of rotatable bonds is 8. The Morgan fingerprint density at radius 3 is 2.61 bits per heavy atom. The first-order valence-corrected chi connectivity index (χ1v) is 12.0. The van der Waals surface area contributed by atoms with Crippen LogP contribution in [0.3, 0.4) is 0 Å². The van der Waals surface area contributed by atoms with Crippen LogP contribution in [-0.4, -0.2) is 67.6 Å². The van der Waals surface area contributed by atoms with Crippen molar-refractivity contribution in [1.82, 2.24) is 24.6 Å². The van der Waals surface area contributed by atoms with Crippen LogP contribution < -0.4 is 20.1 Å². The number of carbonyl (C=O) groups is 1. The number of methoxy groups -OCH3 is 2. The Kier molecular flexibility index (Phi) is 6.65. The van der Waals surface area contributed by atoms with Crippen LogP contribution in [0.25, 0.3) is 11.0 Å². The standard InChI is InChI=1S/C21H26N6O5S/c1-31-15-5-8-20(32-2)18(13-15)23-21(28)22-9-12-27-19-7-6-16(14-17(19)24-25-27)33(29,30)26-10-3-4-11-26/h5-8,13-14H,3-4,9-12H2,1-2H3,(H2,22,23,28). The average Bonchev–Trinajstić information content (AvgIpc) is 3.49. The summed E-state index contributed by atoms with van der Waals surface area (Å²) in [6.45, 7) is 1.73. The number of sulfonamides is 1. The van der Waals surface area contributed by atoms with Gasteiger partial charge in [-0.05, 0) is 43.2 Å². The van der Waals surface area contributed by atoms with Crippen molar-refractivity contribution in [3.63, 3.8) is 0 Å². The maximum atomic E-state index is 12.8. The number of carbonyl (C=O) groups excluding carboxylic acids is 1. The normalized spacial score (nSPS) is 14.4. The van der Waals surface area contributed by atoms with Crippen molar-refractivity contribution in [2.45, 2.75) is 24.3 Å². The molecule has 1 fully saturated rings. The van der Waals surface area contributed by atoms with Gasteiger partial charge in [-0.2, -0.15) is 4.31 Å². The maximum Gasteiger partial charge on any atom is 0.319 e. The summed E-state index contributed by atoms with van der Waals surface area (Å²) in [4.78, 5) is 12.5. The van der Waals surface area contributed by atoms with Gasteiger partial charge in [-0.1, -0.05) is 5.21 Å². The number of ether oxygens (including phenoxy) is 2. The number of nitrogens with zero attached hydrogens (tertiary/aromatic N) is 4. The molecule has 4 rings (SSSR count). The summed E-state index contributed by atoms with van der Waals surface area (Å²) in [6.07, 6.45) is 1.76. The van der Waals surface area contributed by atoms with E-state index >= 15 is 0 Å². The first-order valence-electron chi connectivity index (χ1n) is 10.5. The van der Waals surface area contributed by atoms with E-state index in [-0.39, 0.29) is 11.4 Å². The highest BCUT2D eigenvalue weighted by Crippen LogP contribution is 2.28. The molecule has 1 saturated heterocycles. The van der Waals surface area contributed by atoms with Crippen LogP contribution in [0.15, 0.2) is 41.3 Å². The van der Waals surface area contributed by atoms with Gasteiger partial charge in [-0.15, -0.1) is 5.10 Å². The lowest BCUT2D eigenvalue weighted by Crippen LogP contribution is -2.31. The van der Waals surface area contributed by atoms with Crippen LogP contribution in [0, 0.1) is 0 Å². The lowest BCUT2D eigenvalue weighted by atomic mass is 10.2. The van der Waals surface area contributed by atoms with E-state index in [1.54, 1.807) is 48.2 Å². The maximum absolute atomic E-state index is 12.8. The van der Waals surface area contributed by atoms with Crippen molar-refractivity contribution >= 4 is 32.8 Å². The Balaban J connectivity index is 1.38. The summed E-state index contributed by atoms with van der Waals surface area (Å²) < 4.78 is 39.1. The molecule has 0 bridgehead atoms. The van der Waals surface area contributed by atoms with Gasteiger partial charge in [0.1, 0.15) is 17.0 Å². The average molecular weight is 475 g/mol. The number of aromatic nitrogens is 3. The smallest absolute Gasteiger partial charge is 0.319 e. The number of nitrogens with one attached hydrogen (secondary N) is 2. The van der Waals surface area contributed by atoms with E-state index in [1.165, 1.54) is 11.4 Å². The first-order chi connectivity index (χ1) is 15.9. The van der Waals surface area contributed by atoms with E-state index < -0.39 is 16.1 Å². The summed E-state index contributed by atoms with van der Waals surface area (Å²) in [6, 6.07) is 9.50. The molecule has 1 aromatic heterocycles. The molecule has 2 N–H and O–H groups in total. The molecule has 0 atom stereocenters. The highest BCUT2D eigenvalue weighted by atomic mass is 32.2. The Labute approximate surface area is 191 Å². The minimum absolute atomic E-state index is 0.216. The quantitative estimate of drug-likeness (QED) is 0.511. The largest absolute Gasteiger partial charge is 0.497 e. The van der Waals surface area contributed by atoms with Gasteiger partial charge in [0.2, 0.25) is 10.0 Å². The van der Waals surface area contributed by atoms with E-state index in [2.05, 4.69) is 20.9 Å². The monoisotopic (exact) mass is 474 g/mol. The first kappa shape index (κ1) is 22.8. The SMILES string of the molecule is COc1ccc(OC)c(NC(=O)NCCn2nnc3cc(S(=O)(=O)N4CCCC4)ccc32)c1. The van der Waals surface area contributed by atoms with E-state index in [1.807, 2.05) is 0 Å². The van der Waals surface area contributed by atoms with Gasteiger partial charge in [0.25, 0.3) is 0 Å². The highest BCUT2D eigenvalue weighted by Gasteiger charge is 2.27. The Morgan fingerprint density at radius 2 is 1.88 bits per heavy atom. The van der Waals surface area contributed by atoms with Crippen LogP contribution in [0.1, 0.15) is 12.8 Å². The molecule has 2 amide bonds. The van der Waals surface area contributed by atoms with Gasteiger partial charge in [0.15, 0.2) is 0 Å². The zero-order chi connectivity index (χ0) is 23.4. The summed E-state index contributed by atoms with van der Waals surface area (Å²) in [5.41, 5.74) is 1.65. The van der Waals surface area contributed by atoms with E-state index in [9.17, 15) is 13.2 Å². The molecule has 3 aromatic rings. The van der Waals surface area contributed by atoms with Crippen molar-refractivity contribution in [2.75, 3.05) is 39.2 Å². The third-order valence-electron chi connectivity index (χ3n) is 5.45. The van der Waals surface area contributed by atoms with Crippen molar-refractivity contribution < 1.29 is 22.7 Å². The van der Waals surface area contributed by atoms with Gasteiger partial charge < -0.3 is 20.1 Å². The van der Waals surface area contributed by atoms with Crippen LogP contribution in [0.5, 0.6) is 11.5 Å². The second-order valence-electron chi connectivity index (χ2n) is 7.52. The van der Waals surface area contributed by atoms with Crippen LogP contribution >= 0.6 is 0 Å². The third-order valence-corrected chi connectivity index (χ3v) is 7.35. The lowest BCUT2D eigenvalue weighted by molar-refractivity contribution is 0.251. The minimum atomic E-state index is -3.52. The fraction of sp³-hybridized carbons (Fsp3) is 0.381. The molecular formula is C21H26N6O5S. The molecule has 0 aliphatic carbocycles. The zero-order valence-corrected chi connectivity index (χ0v) is 19.3. The van der Waals surface area contributed by atoms with E-state index in [0.29, 0.717) is 47.9 Å². The van der Waals surface area contributed by atoms with Crippen LogP contribution in [0.4, 0.5) is 10.5 Å². The second kappa shape index (κ2) is 9.63. The molecule has 0 radical (unpaired) electrons. The van der Waals surface area contributed by atoms with Gasteiger partial charge >= 0.3 is 6.03 Å². The number of benzene rings is 2. The zero-order valence-electron chi connectivity index (χ0n) is 18.4. The van der Waals surface area contributed by atoms with Gasteiger partial charge in [-0.3, -0.25) is 0 Å². The number of anilines is 1. The van der Waals surface area contributed by atoms with Crippen LogP contribution in [-0.2, 0) is 16.6 Å². The van der Waals surface area contributed by atoms with Crippen molar-refractivity contribution in [3.05, 3.63) is 36.4 Å². The molecule has 0 unspecified atom stereocenters. The van der Waals surface area contributed by atoms with Crippen molar-refractivity contribution in [2.24, 2.45) is 0 Å². The minimum Gasteiger partial charge on any atom is -0.497 e.